The average Bonchev–Trinajstić information content (AvgIpc) is 2.56. The van der Waals surface area contributed by atoms with Crippen molar-refractivity contribution >= 4 is 6.09 Å². The van der Waals surface area contributed by atoms with Gasteiger partial charge in [-0.05, 0) is 46.8 Å². The third-order valence-electron chi connectivity index (χ3n) is 5.07. The third-order valence-corrected chi connectivity index (χ3v) is 5.07. The summed E-state index contributed by atoms with van der Waals surface area (Å²) in [6, 6.07) is 5.53. The Morgan fingerprint density at radius 2 is 1.83 bits per heavy atom. The Morgan fingerprint density at radius 1 is 1.21 bits per heavy atom. The van der Waals surface area contributed by atoms with Gasteiger partial charge >= 0.3 is 6.09 Å². The number of hydrogen-bond acceptors (Lipinski definition) is 5. The zero-order valence-electron chi connectivity index (χ0n) is 15.1. The lowest BCUT2D eigenvalue weighted by atomic mass is 9.68. The van der Waals surface area contributed by atoms with Crippen LogP contribution in [0.1, 0.15) is 53.2 Å². The van der Waals surface area contributed by atoms with Crippen molar-refractivity contribution in [3.63, 3.8) is 0 Å². The monoisotopic (exact) mass is 333 g/mol. The summed E-state index contributed by atoms with van der Waals surface area (Å²) in [5.74, 6) is 0. The first-order valence-corrected chi connectivity index (χ1v) is 8.39. The lowest BCUT2D eigenvalue weighted by Gasteiger charge is -2.53. The molecule has 2 aliphatic rings. The molecule has 2 saturated heterocycles. The summed E-state index contributed by atoms with van der Waals surface area (Å²) in [6.07, 6.45) is 2.28. The first-order valence-electron chi connectivity index (χ1n) is 8.39. The molecule has 0 aliphatic carbocycles. The Hall–Kier alpha value is -1.66. The Labute approximate surface area is 143 Å². The van der Waals surface area contributed by atoms with Gasteiger partial charge in [0.25, 0.3) is 0 Å². The van der Waals surface area contributed by atoms with Crippen LogP contribution in [-0.4, -0.2) is 43.5 Å². The molecule has 3 heterocycles. The number of rotatable bonds is 2. The maximum absolute atomic E-state index is 12.6. The topological polar surface area (TPSA) is 74.7 Å². The van der Waals surface area contributed by atoms with Gasteiger partial charge < -0.3 is 15.2 Å². The average molecular weight is 333 g/mol. The van der Waals surface area contributed by atoms with E-state index in [-0.39, 0.29) is 17.6 Å². The summed E-state index contributed by atoms with van der Waals surface area (Å²) >= 11 is 0. The van der Waals surface area contributed by atoms with E-state index in [0.717, 1.165) is 5.69 Å². The molecule has 2 aliphatic heterocycles. The number of pyridine rings is 1. The van der Waals surface area contributed by atoms with Crippen LogP contribution in [0.5, 0.6) is 0 Å². The van der Waals surface area contributed by atoms with E-state index >= 15 is 0 Å². The normalized spacial score (nSPS) is 30.4. The molecule has 24 heavy (non-hydrogen) atoms. The highest BCUT2D eigenvalue weighted by atomic mass is 16.6. The molecule has 1 atom stereocenters. The predicted molar refractivity (Wildman–Crippen MR) is 90.1 cm³/mol. The number of aromatic nitrogens is 1. The van der Waals surface area contributed by atoms with Crippen LogP contribution in [0.2, 0.25) is 0 Å². The fraction of sp³-hybridized carbons (Fsp3) is 0.667. The summed E-state index contributed by atoms with van der Waals surface area (Å²) < 4.78 is 5.83. The summed E-state index contributed by atoms with van der Waals surface area (Å²) in [7, 11) is 0. The second-order valence-electron chi connectivity index (χ2n) is 8.54. The molecular formula is C18H27N3O3. The van der Waals surface area contributed by atoms with Gasteiger partial charge in [0.2, 0.25) is 0 Å². The van der Waals surface area contributed by atoms with Gasteiger partial charge in [-0.2, -0.15) is 0 Å². The van der Waals surface area contributed by atoms with Crippen LogP contribution < -0.4 is 5.32 Å². The number of ether oxygens (including phenoxy) is 1. The second kappa shape index (κ2) is 5.17. The Kier molecular flexibility index (Phi) is 3.70. The summed E-state index contributed by atoms with van der Waals surface area (Å²) in [4.78, 5) is 18.2. The van der Waals surface area contributed by atoms with E-state index in [2.05, 4.69) is 38.0 Å². The van der Waals surface area contributed by atoms with Crippen molar-refractivity contribution < 1.29 is 14.6 Å². The predicted octanol–water partition coefficient (Wildman–Crippen LogP) is 2.42. The SMILES string of the molecule is CC1(C)CC2(CC(C)(C)N1)OC(=O)N(Cc1ccccn1)[C@@]2(C)O. The minimum atomic E-state index is -1.40. The fourth-order valence-electron chi connectivity index (χ4n) is 4.52. The van der Waals surface area contributed by atoms with Crippen molar-refractivity contribution in [2.75, 3.05) is 0 Å². The maximum atomic E-state index is 12.6. The summed E-state index contributed by atoms with van der Waals surface area (Å²) in [5, 5.41) is 14.9. The number of piperidine rings is 1. The summed E-state index contributed by atoms with van der Waals surface area (Å²) in [6.45, 7) is 10.2. The number of amides is 1. The number of nitrogens with zero attached hydrogens (tertiary/aromatic N) is 2. The number of carbonyl (C=O) groups is 1. The van der Waals surface area contributed by atoms with E-state index < -0.39 is 17.4 Å². The highest BCUT2D eigenvalue weighted by molar-refractivity contribution is 5.72. The summed E-state index contributed by atoms with van der Waals surface area (Å²) in [5.41, 5.74) is -2.14. The molecule has 2 fully saturated rings. The largest absolute Gasteiger partial charge is 0.437 e. The van der Waals surface area contributed by atoms with Crippen LogP contribution in [0.15, 0.2) is 24.4 Å². The second-order valence-corrected chi connectivity index (χ2v) is 8.54. The fourth-order valence-corrected chi connectivity index (χ4v) is 4.52. The first-order chi connectivity index (χ1) is 11.0. The number of hydrogen-bond donors (Lipinski definition) is 2. The molecule has 0 bridgehead atoms. The van der Waals surface area contributed by atoms with Gasteiger partial charge in [0.15, 0.2) is 11.3 Å². The van der Waals surface area contributed by atoms with Crippen molar-refractivity contribution in [3.05, 3.63) is 30.1 Å². The van der Waals surface area contributed by atoms with Crippen LogP contribution in [-0.2, 0) is 11.3 Å². The van der Waals surface area contributed by atoms with E-state index in [1.165, 1.54) is 4.90 Å². The van der Waals surface area contributed by atoms with Crippen molar-refractivity contribution in [1.82, 2.24) is 15.2 Å². The number of nitrogens with one attached hydrogen (secondary N) is 1. The van der Waals surface area contributed by atoms with Crippen molar-refractivity contribution in [1.29, 1.82) is 0 Å². The first kappa shape index (κ1) is 17.2. The van der Waals surface area contributed by atoms with Crippen molar-refractivity contribution in [2.45, 2.75) is 76.4 Å². The lowest BCUT2D eigenvalue weighted by molar-refractivity contribution is -0.182. The van der Waals surface area contributed by atoms with Gasteiger partial charge in [-0.3, -0.25) is 9.88 Å². The zero-order chi connectivity index (χ0) is 17.8. The number of carbonyl (C=O) groups excluding carboxylic acids is 1. The van der Waals surface area contributed by atoms with Gasteiger partial charge in [-0.1, -0.05) is 6.07 Å². The molecule has 1 aromatic heterocycles. The molecule has 0 aromatic carbocycles. The van der Waals surface area contributed by atoms with Gasteiger partial charge in [-0.25, -0.2) is 4.79 Å². The van der Waals surface area contributed by atoms with E-state index in [1.54, 1.807) is 13.1 Å². The molecular weight excluding hydrogens is 306 g/mol. The van der Waals surface area contributed by atoms with Crippen LogP contribution in [0.3, 0.4) is 0 Å². The van der Waals surface area contributed by atoms with Gasteiger partial charge in [-0.15, -0.1) is 0 Å². The minimum absolute atomic E-state index is 0.225. The van der Waals surface area contributed by atoms with E-state index in [4.69, 9.17) is 4.74 Å². The molecule has 0 saturated carbocycles. The smallest absolute Gasteiger partial charge is 0.413 e. The maximum Gasteiger partial charge on any atom is 0.413 e. The van der Waals surface area contributed by atoms with Crippen molar-refractivity contribution in [2.24, 2.45) is 0 Å². The molecule has 2 N–H and O–H groups in total. The molecule has 6 nitrogen and oxygen atoms in total. The molecule has 0 unspecified atom stereocenters. The lowest BCUT2D eigenvalue weighted by Crippen LogP contribution is -2.70. The Bertz CT molecular complexity index is 624. The van der Waals surface area contributed by atoms with Crippen LogP contribution in [0.4, 0.5) is 4.79 Å². The third kappa shape index (κ3) is 2.78. The van der Waals surface area contributed by atoms with Crippen LogP contribution in [0.25, 0.3) is 0 Å². The van der Waals surface area contributed by atoms with Crippen LogP contribution in [0, 0.1) is 0 Å². The van der Waals surface area contributed by atoms with Gasteiger partial charge in [0, 0.05) is 30.1 Å². The van der Waals surface area contributed by atoms with Crippen LogP contribution >= 0.6 is 0 Å². The molecule has 1 spiro atoms. The molecule has 0 radical (unpaired) electrons. The zero-order valence-corrected chi connectivity index (χ0v) is 15.1. The standard InChI is InChI=1S/C18H27N3O3/c1-15(2)11-18(12-16(3,4)20-15)17(5,23)21(14(22)24-18)10-13-8-6-7-9-19-13/h6-9,20,23H,10-12H2,1-5H3/t17-/m0/s1. The number of aliphatic hydroxyl groups is 1. The molecule has 1 aromatic rings. The molecule has 3 rings (SSSR count). The Morgan fingerprint density at radius 3 is 2.38 bits per heavy atom. The highest BCUT2D eigenvalue weighted by Gasteiger charge is 2.66. The molecule has 1 amide bonds. The van der Waals surface area contributed by atoms with E-state index in [9.17, 15) is 9.90 Å². The highest BCUT2D eigenvalue weighted by Crippen LogP contribution is 2.50. The van der Waals surface area contributed by atoms with Gasteiger partial charge in [0.1, 0.15) is 0 Å². The molecule has 6 heteroatoms. The quantitative estimate of drug-likeness (QED) is 0.869. The Balaban J connectivity index is 1.95. The van der Waals surface area contributed by atoms with Gasteiger partial charge in [0.05, 0.1) is 12.2 Å². The van der Waals surface area contributed by atoms with E-state index in [0.29, 0.717) is 12.8 Å². The van der Waals surface area contributed by atoms with E-state index in [1.807, 2.05) is 18.2 Å². The minimum Gasteiger partial charge on any atom is -0.437 e. The van der Waals surface area contributed by atoms with Crippen molar-refractivity contribution in [3.8, 4) is 0 Å². The molecule has 132 valence electrons.